The molecule has 0 radical (unpaired) electrons. The van der Waals surface area contributed by atoms with E-state index in [0.717, 1.165) is 0 Å². The zero-order valence-corrected chi connectivity index (χ0v) is 13.8. The van der Waals surface area contributed by atoms with Gasteiger partial charge in [-0.25, -0.2) is 0 Å². The number of hydrogen-bond donors (Lipinski definition) is 3. The van der Waals surface area contributed by atoms with Crippen LogP contribution in [0, 0.1) is 0 Å². The zero-order valence-electron chi connectivity index (χ0n) is 13.8. The molecule has 1 aliphatic heterocycles. The number of carbonyl (C=O) groups is 1. The quantitative estimate of drug-likeness (QED) is 0.713. The van der Waals surface area contributed by atoms with Crippen LogP contribution in [0.2, 0.25) is 0 Å². The van der Waals surface area contributed by atoms with Gasteiger partial charge >= 0.3 is 0 Å². The van der Waals surface area contributed by atoms with E-state index in [-0.39, 0.29) is 24.1 Å². The van der Waals surface area contributed by atoms with Crippen LogP contribution in [0.5, 0.6) is 5.75 Å². The zero-order chi connectivity index (χ0) is 17.1. The number of likely N-dealkylation sites (tertiary alicyclic amines) is 1. The standard InChI is InChI=1S/C17H25N3O4/c1-11(21)19-14-9-15(24-13-3-2-6-18-10-13)17(23)16(14)20-7-4-12(22)5-8-20/h2-3,6,10,12,14-17,22-23H,4-5,7-9H2,1H3,(H,19,21)/t14-,15-,16+,17+/m1/s1. The Bertz CT molecular complexity index is 548. The molecule has 0 bridgehead atoms. The third-order valence-electron chi connectivity index (χ3n) is 4.86. The van der Waals surface area contributed by atoms with E-state index < -0.39 is 12.2 Å². The minimum Gasteiger partial charge on any atom is -0.486 e. The average Bonchev–Trinajstić information content (AvgIpc) is 2.84. The maximum absolute atomic E-state index is 11.5. The van der Waals surface area contributed by atoms with Crippen molar-refractivity contribution in [2.24, 2.45) is 0 Å². The molecule has 7 heteroatoms. The Kier molecular flexibility index (Phi) is 5.33. The molecule has 24 heavy (non-hydrogen) atoms. The normalized spacial score (nSPS) is 31.8. The van der Waals surface area contributed by atoms with E-state index >= 15 is 0 Å². The molecule has 1 saturated heterocycles. The Morgan fingerprint density at radius 1 is 1.38 bits per heavy atom. The summed E-state index contributed by atoms with van der Waals surface area (Å²) in [6.07, 6.45) is 3.81. The van der Waals surface area contributed by atoms with E-state index in [4.69, 9.17) is 4.74 Å². The van der Waals surface area contributed by atoms with Gasteiger partial charge in [-0.3, -0.25) is 14.7 Å². The molecule has 2 aliphatic rings. The highest BCUT2D eigenvalue weighted by atomic mass is 16.5. The molecule has 1 aliphatic carbocycles. The third kappa shape index (κ3) is 3.85. The molecule has 1 saturated carbocycles. The van der Waals surface area contributed by atoms with Gasteiger partial charge in [0.1, 0.15) is 18.0 Å². The summed E-state index contributed by atoms with van der Waals surface area (Å²) in [5.41, 5.74) is 0. The highest BCUT2D eigenvalue weighted by molar-refractivity contribution is 5.73. The Morgan fingerprint density at radius 2 is 2.12 bits per heavy atom. The molecule has 0 spiro atoms. The summed E-state index contributed by atoms with van der Waals surface area (Å²) in [4.78, 5) is 17.7. The predicted octanol–water partition coefficient (Wildman–Crippen LogP) is -0.0764. The lowest BCUT2D eigenvalue weighted by atomic mass is 10.0. The number of nitrogens with zero attached hydrogens (tertiary/aromatic N) is 2. The van der Waals surface area contributed by atoms with Crippen molar-refractivity contribution in [3.05, 3.63) is 24.5 Å². The molecule has 132 valence electrons. The topological polar surface area (TPSA) is 94.9 Å². The van der Waals surface area contributed by atoms with Crippen molar-refractivity contribution in [3.63, 3.8) is 0 Å². The lowest BCUT2D eigenvalue weighted by Gasteiger charge is -2.38. The van der Waals surface area contributed by atoms with Crippen molar-refractivity contribution < 1.29 is 19.7 Å². The molecular weight excluding hydrogens is 310 g/mol. The summed E-state index contributed by atoms with van der Waals surface area (Å²) >= 11 is 0. The van der Waals surface area contributed by atoms with Crippen molar-refractivity contribution in [2.75, 3.05) is 13.1 Å². The second-order valence-electron chi connectivity index (χ2n) is 6.64. The third-order valence-corrected chi connectivity index (χ3v) is 4.86. The molecule has 0 aromatic carbocycles. The van der Waals surface area contributed by atoms with Gasteiger partial charge in [-0.2, -0.15) is 0 Å². The smallest absolute Gasteiger partial charge is 0.217 e. The van der Waals surface area contributed by atoms with Gasteiger partial charge in [0.25, 0.3) is 0 Å². The van der Waals surface area contributed by atoms with Crippen LogP contribution in [0.1, 0.15) is 26.2 Å². The maximum atomic E-state index is 11.5. The van der Waals surface area contributed by atoms with Crippen LogP contribution in [0.15, 0.2) is 24.5 Å². The van der Waals surface area contributed by atoms with Crippen LogP contribution >= 0.6 is 0 Å². The fourth-order valence-electron chi connectivity index (χ4n) is 3.76. The summed E-state index contributed by atoms with van der Waals surface area (Å²) in [7, 11) is 0. The minimum atomic E-state index is -0.711. The molecule has 4 atom stereocenters. The molecule has 3 rings (SSSR count). The molecule has 3 N–H and O–H groups in total. The number of hydrogen-bond acceptors (Lipinski definition) is 6. The SMILES string of the molecule is CC(=O)N[C@@H]1C[C@@H](Oc2cccnc2)[C@H](O)[C@H]1N1CCC(O)CC1. The van der Waals surface area contributed by atoms with Gasteiger partial charge in [-0.15, -0.1) is 0 Å². The van der Waals surface area contributed by atoms with Crippen molar-refractivity contribution in [1.29, 1.82) is 0 Å². The fourth-order valence-corrected chi connectivity index (χ4v) is 3.76. The summed E-state index contributed by atoms with van der Waals surface area (Å²) in [5.74, 6) is 0.495. The van der Waals surface area contributed by atoms with Gasteiger partial charge in [0.2, 0.25) is 5.91 Å². The monoisotopic (exact) mass is 335 g/mol. The van der Waals surface area contributed by atoms with Gasteiger partial charge in [0.05, 0.1) is 24.4 Å². The molecule has 2 heterocycles. The van der Waals surface area contributed by atoms with Crippen LogP contribution in [0.25, 0.3) is 0 Å². The van der Waals surface area contributed by atoms with Gasteiger partial charge in [-0.05, 0) is 25.0 Å². The number of amides is 1. The number of piperidine rings is 1. The van der Waals surface area contributed by atoms with Crippen molar-refractivity contribution >= 4 is 5.91 Å². The van der Waals surface area contributed by atoms with E-state index in [1.165, 1.54) is 6.92 Å². The molecule has 0 unspecified atom stereocenters. The van der Waals surface area contributed by atoms with Crippen molar-refractivity contribution in [3.8, 4) is 5.75 Å². The van der Waals surface area contributed by atoms with Crippen molar-refractivity contribution in [1.82, 2.24) is 15.2 Å². The summed E-state index contributed by atoms with van der Waals surface area (Å²) < 4.78 is 5.90. The molecule has 1 aromatic rings. The van der Waals surface area contributed by atoms with Crippen LogP contribution in [-0.4, -0.2) is 69.5 Å². The first kappa shape index (κ1) is 17.1. The number of aromatic nitrogens is 1. The average molecular weight is 335 g/mol. The summed E-state index contributed by atoms with van der Waals surface area (Å²) in [5, 5.41) is 23.5. The number of rotatable bonds is 4. The van der Waals surface area contributed by atoms with E-state index in [9.17, 15) is 15.0 Å². The first-order chi connectivity index (χ1) is 11.5. The predicted molar refractivity (Wildman–Crippen MR) is 87.5 cm³/mol. The minimum absolute atomic E-state index is 0.115. The van der Waals surface area contributed by atoms with Gasteiger partial charge in [-0.1, -0.05) is 0 Å². The molecule has 1 amide bonds. The summed E-state index contributed by atoms with van der Waals surface area (Å²) in [6, 6.07) is 3.21. The van der Waals surface area contributed by atoms with Gasteiger partial charge < -0.3 is 20.3 Å². The Labute approximate surface area is 141 Å². The van der Waals surface area contributed by atoms with Crippen LogP contribution in [-0.2, 0) is 4.79 Å². The van der Waals surface area contributed by atoms with E-state index in [0.29, 0.717) is 38.1 Å². The van der Waals surface area contributed by atoms with Crippen LogP contribution in [0.4, 0.5) is 0 Å². The largest absolute Gasteiger partial charge is 0.486 e. The molecule has 1 aromatic heterocycles. The lowest BCUT2D eigenvalue weighted by Crippen LogP contribution is -2.55. The number of nitrogens with one attached hydrogen (secondary N) is 1. The number of ether oxygens (including phenoxy) is 1. The van der Waals surface area contributed by atoms with E-state index in [1.807, 2.05) is 0 Å². The number of carbonyl (C=O) groups excluding carboxylic acids is 1. The molecule has 7 nitrogen and oxygen atoms in total. The van der Waals surface area contributed by atoms with Crippen molar-refractivity contribution in [2.45, 2.75) is 56.6 Å². The maximum Gasteiger partial charge on any atom is 0.217 e. The fraction of sp³-hybridized carbons (Fsp3) is 0.647. The first-order valence-corrected chi connectivity index (χ1v) is 8.48. The lowest BCUT2D eigenvalue weighted by molar-refractivity contribution is -0.120. The van der Waals surface area contributed by atoms with E-state index in [1.54, 1.807) is 24.5 Å². The second kappa shape index (κ2) is 7.46. The first-order valence-electron chi connectivity index (χ1n) is 8.48. The van der Waals surface area contributed by atoms with E-state index in [2.05, 4.69) is 15.2 Å². The van der Waals surface area contributed by atoms with Crippen LogP contribution in [0.3, 0.4) is 0 Å². The second-order valence-corrected chi connectivity index (χ2v) is 6.64. The molecule has 2 fully saturated rings. The van der Waals surface area contributed by atoms with Gasteiger partial charge in [0.15, 0.2) is 0 Å². The Hall–Kier alpha value is -1.70. The highest BCUT2D eigenvalue weighted by Gasteiger charge is 2.47. The summed E-state index contributed by atoms with van der Waals surface area (Å²) in [6.45, 7) is 2.90. The number of pyridine rings is 1. The molecular formula is C17H25N3O4. The van der Waals surface area contributed by atoms with Crippen LogP contribution < -0.4 is 10.1 Å². The number of aliphatic hydroxyl groups excluding tert-OH is 2. The Balaban J connectivity index is 1.73. The highest BCUT2D eigenvalue weighted by Crippen LogP contribution is 2.30. The Morgan fingerprint density at radius 3 is 2.75 bits per heavy atom. The number of aliphatic hydroxyl groups is 2. The van der Waals surface area contributed by atoms with Gasteiger partial charge in [0, 0.05) is 32.6 Å².